The maximum atomic E-state index is 2.42. The molecule has 0 amide bonds. The van der Waals surface area contributed by atoms with Crippen LogP contribution in [0.15, 0.2) is 78.2 Å². The van der Waals surface area contributed by atoms with Gasteiger partial charge in [0.1, 0.15) is 0 Å². The summed E-state index contributed by atoms with van der Waals surface area (Å²) in [5.41, 5.74) is 5.24. The third kappa shape index (κ3) is 1.44. The zero-order valence-corrected chi connectivity index (χ0v) is 13.7. The SMILES string of the molecule is c1csc(-c2cc3c4ccccc4n4c5ccccc5c(c2)c34)c1. The van der Waals surface area contributed by atoms with Gasteiger partial charge < -0.3 is 4.40 Å². The number of nitrogens with zero attached hydrogens (tertiary/aromatic N) is 1. The Morgan fingerprint density at radius 1 is 0.625 bits per heavy atom. The molecule has 0 bridgehead atoms. The summed E-state index contributed by atoms with van der Waals surface area (Å²) in [4.78, 5) is 1.33. The lowest BCUT2D eigenvalue weighted by Gasteiger charge is -2.01. The van der Waals surface area contributed by atoms with Crippen LogP contribution in [0.4, 0.5) is 0 Å². The Morgan fingerprint density at radius 2 is 1.25 bits per heavy atom. The minimum absolute atomic E-state index is 1.29. The van der Waals surface area contributed by atoms with Crippen molar-refractivity contribution in [2.75, 3.05) is 0 Å². The van der Waals surface area contributed by atoms with Crippen LogP contribution >= 0.6 is 11.3 Å². The molecule has 3 aromatic heterocycles. The molecule has 0 aliphatic rings. The van der Waals surface area contributed by atoms with E-state index in [9.17, 15) is 0 Å². The maximum Gasteiger partial charge on any atom is 0.0620 e. The highest BCUT2D eigenvalue weighted by molar-refractivity contribution is 7.13. The van der Waals surface area contributed by atoms with E-state index in [4.69, 9.17) is 0 Å². The summed E-state index contributed by atoms with van der Waals surface area (Å²) in [6.07, 6.45) is 0. The van der Waals surface area contributed by atoms with E-state index in [2.05, 4.69) is 82.6 Å². The van der Waals surface area contributed by atoms with Crippen LogP contribution in [0.2, 0.25) is 0 Å². The Morgan fingerprint density at radius 3 is 1.83 bits per heavy atom. The average molecular weight is 323 g/mol. The zero-order valence-electron chi connectivity index (χ0n) is 12.9. The normalized spacial score (nSPS) is 12.2. The van der Waals surface area contributed by atoms with Crippen LogP contribution in [0, 0.1) is 0 Å². The van der Waals surface area contributed by atoms with Crippen molar-refractivity contribution in [1.29, 1.82) is 0 Å². The number of hydrogen-bond donors (Lipinski definition) is 0. The van der Waals surface area contributed by atoms with Crippen molar-refractivity contribution in [2.45, 2.75) is 0 Å². The molecular weight excluding hydrogens is 310 g/mol. The minimum atomic E-state index is 1.29. The molecule has 0 saturated carbocycles. The quantitative estimate of drug-likeness (QED) is 0.322. The third-order valence-electron chi connectivity index (χ3n) is 5.01. The second-order valence-corrected chi connectivity index (χ2v) is 7.21. The molecule has 0 unspecified atom stereocenters. The first-order valence-corrected chi connectivity index (χ1v) is 9.01. The second-order valence-electron chi connectivity index (χ2n) is 6.27. The smallest absolute Gasteiger partial charge is 0.0620 e. The highest BCUT2D eigenvalue weighted by Gasteiger charge is 2.18. The molecule has 0 aliphatic heterocycles. The summed E-state index contributed by atoms with van der Waals surface area (Å²) in [5, 5.41) is 7.52. The van der Waals surface area contributed by atoms with Crippen LogP contribution in [0.5, 0.6) is 0 Å². The van der Waals surface area contributed by atoms with Crippen molar-refractivity contribution in [3.63, 3.8) is 0 Å². The van der Waals surface area contributed by atoms with Gasteiger partial charge in [-0.15, -0.1) is 11.3 Å². The monoisotopic (exact) mass is 323 g/mol. The second kappa shape index (κ2) is 4.37. The van der Waals surface area contributed by atoms with Gasteiger partial charge in [0.25, 0.3) is 0 Å². The first-order chi connectivity index (χ1) is 11.9. The van der Waals surface area contributed by atoms with Crippen LogP contribution in [-0.4, -0.2) is 4.40 Å². The van der Waals surface area contributed by atoms with Gasteiger partial charge in [0, 0.05) is 26.4 Å². The lowest BCUT2D eigenvalue weighted by molar-refractivity contribution is 1.37. The molecule has 0 aliphatic carbocycles. The van der Waals surface area contributed by atoms with Gasteiger partial charge >= 0.3 is 0 Å². The largest absolute Gasteiger partial charge is 0.308 e. The molecule has 3 heterocycles. The van der Waals surface area contributed by atoms with Crippen LogP contribution in [0.1, 0.15) is 0 Å². The molecule has 3 aromatic carbocycles. The van der Waals surface area contributed by atoms with E-state index >= 15 is 0 Å². The van der Waals surface area contributed by atoms with Gasteiger partial charge in [-0.1, -0.05) is 42.5 Å². The molecule has 0 fully saturated rings. The maximum absolute atomic E-state index is 2.42. The first kappa shape index (κ1) is 12.6. The highest BCUT2D eigenvalue weighted by Crippen LogP contribution is 2.41. The zero-order chi connectivity index (χ0) is 15.7. The van der Waals surface area contributed by atoms with E-state index in [1.165, 1.54) is 48.5 Å². The topological polar surface area (TPSA) is 4.41 Å². The molecule has 0 spiro atoms. The summed E-state index contributed by atoms with van der Waals surface area (Å²) in [6.45, 7) is 0. The fraction of sp³-hybridized carbons (Fsp3) is 0. The molecular formula is C22H13NS. The minimum Gasteiger partial charge on any atom is -0.308 e. The number of hydrogen-bond acceptors (Lipinski definition) is 1. The molecule has 0 N–H and O–H groups in total. The molecule has 112 valence electrons. The predicted molar refractivity (Wildman–Crippen MR) is 104 cm³/mol. The molecule has 6 rings (SSSR count). The van der Waals surface area contributed by atoms with Crippen LogP contribution in [0.25, 0.3) is 48.5 Å². The molecule has 2 heteroatoms. The number of benzene rings is 3. The summed E-state index contributed by atoms with van der Waals surface area (Å²) in [5.74, 6) is 0. The molecule has 1 nitrogen and oxygen atoms in total. The first-order valence-electron chi connectivity index (χ1n) is 8.13. The van der Waals surface area contributed by atoms with Crippen LogP contribution < -0.4 is 0 Å². The summed E-state index contributed by atoms with van der Waals surface area (Å²) >= 11 is 1.80. The third-order valence-corrected chi connectivity index (χ3v) is 5.93. The van der Waals surface area contributed by atoms with Gasteiger partial charge in [-0.3, -0.25) is 0 Å². The Kier molecular flexibility index (Phi) is 2.29. The Labute approximate surface area is 142 Å². The highest BCUT2D eigenvalue weighted by atomic mass is 32.1. The van der Waals surface area contributed by atoms with Gasteiger partial charge in [-0.25, -0.2) is 0 Å². The van der Waals surface area contributed by atoms with E-state index in [0.29, 0.717) is 0 Å². The van der Waals surface area contributed by atoms with Gasteiger partial charge in [-0.2, -0.15) is 0 Å². The van der Waals surface area contributed by atoms with Gasteiger partial charge in [0.2, 0.25) is 0 Å². The summed E-state index contributed by atoms with van der Waals surface area (Å²) in [7, 11) is 0. The van der Waals surface area contributed by atoms with Gasteiger partial charge in [0.15, 0.2) is 0 Å². The fourth-order valence-electron chi connectivity index (χ4n) is 4.03. The number of aromatic nitrogens is 1. The van der Waals surface area contributed by atoms with E-state index in [0.717, 1.165) is 0 Å². The number of thiophene rings is 1. The summed E-state index contributed by atoms with van der Waals surface area (Å²) < 4.78 is 2.42. The van der Waals surface area contributed by atoms with Crippen LogP contribution in [0.3, 0.4) is 0 Å². The molecule has 0 saturated heterocycles. The Hall–Kier alpha value is -2.84. The lowest BCUT2D eigenvalue weighted by atomic mass is 10.0. The van der Waals surface area contributed by atoms with Crippen molar-refractivity contribution in [3.8, 4) is 10.4 Å². The van der Waals surface area contributed by atoms with Gasteiger partial charge in [-0.05, 0) is 41.3 Å². The lowest BCUT2D eigenvalue weighted by Crippen LogP contribution is -1.78. The summed E-state index contributed by atoms with van der Waals surface area (Å²) in [6, 6.07) is 26.5. The van der Waals surface area contributed by atoms with Crippen molar-refractivity contribution in [2.24, 2.45) is 0 Å². The molecule has 0 atom stereocenters. The molecule has 6 aromatic rings. The van der Waals surface area contributed by atoms with Crippen molar-refractivity contribution in [1.82, 2.24) is 4.40 Å². The van der Waals surface area contributed by atoms with E-state index in [1.54, 1.807) is 11.3 Å². The Balaban J connectivity index is 1.96. The van der Waals surface area contributed by atoms with Crippen molar-refractivity contribution in [3.05, 3.63) is 78.2 Å². The average Bonchev–Trinajstić information content (AvgIpc) is 3.34. The fourth-order valence-corrected chi connectivity index (χ4v) is 4.75. The standard InChI is InChI=1S/C22H13NS/c1-3-8-19-15(6-1)17-12-14(21-10-5-11-24-21)13-18-16-7-2-4-9-20(16)23(19)22(17)18/h1-13H. The van der Waals surface area contributed by atoms with E-state index in [-0.39, 0.29) is 0 Å². The van der Waals surface area contributed by atoms with E-state index in [1.807, 2.05) is 0 Å². The van der Waals surface area contributed by atoms with Gasteiger partial charge in [0.05, 0.1) is 16.6 Å². The predicted octanol–water partition coefficient (Wildman–Crippen LogP) is 6.57. The number of fused-ring (bicyclic) bond motifs is 6. The van der Waals surface area contributed by atoms with E-state index < -0.39 is 0 Å². The van der Waals surface area contributed by atoms with Crippen molar-refractivity contribution < 1.29 is 0 Å². The van der Waals surface area contributed by atoms with Crippen molar-refractivity contribution >= 4 is 49.4 Å². The number of rotatable bonds is 1. The Bertz CT molecular complexity index is 1260. The van der Waals surface area contributed by atoms with Crippen LogP contribution in [-0.2, 0) is 0 Å². The number of para-hydroxylation sites is 2. The molecule has 24 heavy (non-hydrogen) atoms. The molecule has 0 radical (unpaired) electrons.